The standard InChI is InChI=1S/C14H16N4O/c1-18(9-11-4-2-3-7-17-11)13-6-5-10(15)8-12(13)14(16)19/h2-8H,9,15H2,1H3,(H2,16,19). The molecule has 19 heavy (non-hydrogen) atoms. The van der Waals surface area contributed by atoms with E-state index in [1.165, 1.54) is 0 Å². The van der Waals surface area contributed by atoms with Crippen molar-refractivity contribution in [1.82, 2.24) is 4.98 Å². The number of benzene rings is 1. The molecular formula is C14H16N4O. The van der Waals surface area contributed by atoms with Gasteiger partial charge in [0.25, 0.3) is 5.91 Å². The van der Waals surface area contributed by atoms with Gasteiger partial charge in [-0.05, 0) is 30.3 Å². The number of anilines is 2. The molecule has 0 aliphatic heterocycles. The van der Waals surface area contributed by atoms with Crippen LogP contribution < -0.4 is 16.4 Å². The van der Waals surface area contributed by atoms with Crippen molar-refractivity contribution in [3.05, 3.63) is 53.9 Å². The fraction of sp³-hybridized carbons (Fsp3) is 0.143. The molecule has 5 heteroatoms. The molecule has 4 N–H and O–H groups in total. The van der Waals surface area contributed by atoms with Gasteiger partial charge in [-0.1, -0.05) is 6.07 Å². The number of nitrogens with zero attached hydrogens (tertiary/aromatic N) is 2. The SMILES string of the molecule is CN(Cc1ccccn1)c1ccc(N)cc1C(N)=O. The van der Waals surface area contributed by atoms with Gasteiger partial charge in [0, 0.05) is 24.6 Å². The summed E-state index contributed by atoms with van der Waals surface area (Å²) in [7, 11) is 1.88. The van der Waals surface area contributed by atoms with Crippen LogP contribution in [0, 0.1) is 0 Å². The molecule has 0 unspecified atom stereocenters. The van der Waals surface area contributed by atoms with Crippen LogP contribution in [0.4, 0.5) is 11.4 Å². The van der Waals surface area contributed by atoms with Crippen LogP contribution in [0.5, 0.6) is 0 Å². The van der Waals surface area contributed by atoms with Crippen LogP contribution in [0.25, 0.3) is 0 Å². The third-order valence-electron chi connectivity index (χ3n) is 2.82. The quantitative estimate of drug-likeness (QED) is 0.810. The Kier molecular flexibility index (Phi) is 3.66. The first-order valence-electron chi connectivity index (χ1n) is 5.88. The van der Waals surface area contributed by atoms with E-state index in [1.807, 2.05) is 30.1 Å². The summed E-state index contributed by atoms with van der Waals surface area (Å²) in [6, 6.07) is 10.8. The van der Waals surface area contributed by atoms with Crippen molar-refractivity contribution < 1.29 is 4.79 Å². The molecule has 0 radical (unpaired) electrons. The number of hydrogen-bond acceptors (Lipinski definition) is 4. The summed E-state index contributed by atoms with van der Waals surface area (Å²) in [5, 5.41) is 0. The molecule has 0 saturated heterocycles. The van der Waals surface area contributed by atoms with Gasteiger partial charge >= 0.3 is 0 Å². The van der Waals surface area contributed by atoms with Gasteiger partial charge in [-0.15, -0.1) is 0 Å². The van der Waals surface area contributed by atoms with Crippen molar-refractivity contribution in [3.8, 4) is 0 Å². The average molecular weight is 256 g/mol. The molecule has 1 heterocycles. The third-order valence-corrected chi connectivity index (χ3v) is 2.82. The van der Waals surface area contributed by atoms with Crippen molar-refractivity contribution in [2.75, 3.05) is 17.7 Å². The van der Waals surface area contributed by atoms with E-state index < -0.39 is 5.91 Å². The van der Waals surface area contributed by atoms with E-state index in [4.69, 9.17) is 11.5 Å². The molecule has 0 saturated carbocycles. The summed E-state index contributed by atoms with van der Waals surface area (Å²) >= 11 is 0. The molecule has 2 aromatic rings. The maximum atomic E-state index is 11.5. The molecule has 1 amide bonds. The Morgan fingerprint density at radius 1 is 1.32 bits per heavy atom. The monoisotopic (exact) mass is 256 g/mol. The van der Waals surface area contributed by atoms with Gasteiger partial charge in [0.1, 0.15) is 0 Å². The highest BCUT2D eigenvalue weighted by Gasteiger charge is 2.12. The van der Waals surface area contributed by atoms with E-state index in [2.05, 4.69) is 4.98 Å². The smallest absolute Gasteiger partial charge is 0.250 e. The van der Waals surface area contributed by atoms with E-state index in [1.54, 1.807) is 24.4 Å². The fourth-order valence-corrected chi connectivity index (χ4v) is 1.90. The molecule has 0 atom stereocenters. The first kappa shape index (κ1) is 12.9. The number of carbonyl (C=O) groups is 1. The molecule has 1 aromatic carbocycles. The zero-order chi connectivity index (χ0) is 13.8. The van der Waals surface area contributed by atoms with Crippen molar-refractivity contribution in [2.45, 2.75) is 6.54 Å². The van der Waals surface area contributed by atoms with Gasteiger partial charge in [-0.3, -0.25) is 9.78 Å². The normalized spacial score (nSPS) is 10.2. The predicted octanol–water partition coefficient (Wildman–Crippen LogP) is 1.40. The second kappa shape index (κ2) is 5.39. The van der Waals surface area contributed by atoms with Crippen molar-refractivity contribution in [3.63, 3.8) is 0 Å². The number of amides is 1. The highest BCUT2D eigenvalue weighted by molar-refractivity contribution is 5.99. The van der Waals surface area contributed by atoms with E-state index in [9.17, 15) is 4.79 Å². The fourth-order valence-electron chi connectivity index (χ4n) is 1.90. The van der Waals surface area contributed by atoms with Gasteiger partial charge in [0.05, 0.1) is 17.8 Å². The lowest BCUT2D eigenvalue weighted by atomic mass is 10.1. The van der Waals surface area contributed by atoms with Gasteiger partial charge in [0.15, 0.2) is 0 Å². The molecular weight excluding hydrogens is 240 g/mol. The predicted molar refractivity (Wildman–Crippen MR) is 75.7 cm³/mol. The summed E-state index contributed by atoms with van der Waals surface area (Å²) in [5.41, 5.74) is 13.6. The Hall–Kier alpha value is -2.56. The molecule has 0 aliphatic carbocycles. The Balaban J connectivity index is 2.28. The van der Waals surface area contributed by atoms with Gasteiger partial charge in [-0.25, -0.2) is 0 Å². The van der Waals surface area contributed by atoms with Gasteiger partial charge in [-0.2, -0.15) is 0 Å². The molecule has 1 aromatic heterocycles. The molecule has 0 fully saturated rings. The number of primary amides is 1. The summed E-state index contributed by atoms with van der Waals surface area (Å²) in [5.74, 6) is -0.491. The molecule has 0 aliphatic rings. The minimum atomic E-state index is -0.491. The molecule has 5 nitrogen and oxygen atoms in total. The number of rotatable bonds is 4. The average Bonchev–Trinajstić information content (AvgIpc) is 2.39. The van der Waals surface area contributed by atoms with E-state index >= 15 is 0 Å². The Morgan fingerprint density at radius 3 is 2.74 bits per heavy atom. The van der Waals surface area contributed by atoms with Gasteiger partial charge in [0.2, 0.25) is 0 Å². The van der Waals surface area contributed by atoms with Crippen LogP contribution >= 0.6 is 0 Å². The Morgan fingerprint density at radius 2 is 2.11 bits per heavy atom. The third kappa shape index (κ3) is 3.01. The number of aromatic nitrogens is 1. The van der Waals surface area contributed by atoms with Crippen LogP contribution in [0.3, 0.4) is 0 Å². The van der Waals surface area contributed by atoms with Crippen LogP contribution in [0.15, 0.2) is 42.6 Å². The second-order valence-electron chi connectivity index (χ2n) is 4.32. The zero-order valence-corrected chi connectivity index (χ0v) is 10.7. The summed E-state index contributed by atoms with van der Waals surface area (Å²) in [6.45, 7) is 0.588. The van der Waals surface area contributed by atoms with Crippen LogP contribution in [-0.2, 0) is 6.54 Å². The number of nitrogens with two attached hydrogens (primary N) is 2. The van der Waals surface area contributed by atoms with Crippen molar-refractivity contribution in [1.29, 1.82) is 0 Å². The van der Waals surface area contributed by atoms with Crippen LogP contribution in [0.2, 0.25) is 0 Å². The number of hydrogen-bond donors (Lipinski definition) is 2. The minimum absolute atomic E-state index is 0.415. The van der Waals surface area contributed by atoms with Crippen molar-refractivity contribution >= 4 is 17.3 Å². The van der Waals surface area contributed by atoms with Gasteiger partial charge < -0.3 is 16.4 Å². The number of carbonyl (C=O) groups excluding carboxylic acids is 1. The van der Waals surface area contributed by atoms with E-state index in [0.29, 0.717) is 17.8 Å². The Labute approximate surface area is 111 Å². The largest absolute Gasteiger partial charge is 0.399 e. The topological polar surface area (TPSA) is 85.2 Å². The molecule has 98 valence electrons. The first-order chi connectivity index (χ1) is 9.08. The van der Waals surface area contributed by atoms with Crippen molar-refractivity contribution in [2.24, 2.45) is 5.73 Å². The highest BCUT2D eigenvalue weighted by atomic mass is 16.1. The van der Waals surface area contributed by atoms with Crippen LogP contribution in [0.1, 0.15) is 16.1 Å². The summed E-state index contributed by atoms with van der Waals surface area (Å²) < 4.78 is 0. The van der Waals surface area contributed by atoms with Crippen LogP contribution in [-0.4, -0.2) is 17.9 Å². The first-order valence-corrected chi connectivity index (χ1v) is 5.88. The number of pyridine rings is 1. The molecule has 0 spiro atoms. The van der Waals surface area contributed by atoms with E-state index in [0.717, 1.165) is 11.4 Å². The maximum Gasteiger partial charge on any atom is 0.250 e. The lowest BCUT2D eigenvalue weighted by molar-refractivity contribution is 0.100. The summed E-state index contributed by atoms with van der Waals surface area (Å²) in [4.78, 5) is 17.6. The molecule has 0 bridgehead atoms. The zero-order valence-electron chi connectivity index (χ0n) is 10.7. The lowest BCUT2D eigenvalue weighted by Crippen LogP contribution is -2.22. The lowest BCUT2D eigenvalue weighted by Gasteiger charge is -2.21. The summed E-state index contributed by atoms with van der Waals surface area (Å²) in [6.07, 6.45) is 1.74. The number of nitrogen functional groups attached to an aromatic ring is 1. The maximum absolute atomic E-state index is 11.5. The molecule has 2 rings (SSSR count). The second-order valence-corrected chi connectivity index (χ2v) is 4.32. The Bertz CT molecular complexity index is 583. The minimum Gasteiger partial charge on any atom is -0.399 e. The van der Waals surface area contributed by atoms with E-state index in [-0.39, 0.29) is 0 Å². The highest BCUT2D eigenvalue weighted by Crippen LogP contribution is 2.23.